The first kappa shape index (κ1) is 18.4. The number of hydrogen-bond donors (Lipinski definition) is 1. The molecule has 1 aromatic rings. The average molecular weight is 375 g/mol. The van der Waals surface area contributed by atoms with Gasteiger partial charge in [0.1, 0.15) is 0 Å². The van der Waals surface area contributed by atoms with Crippen LogP contribution in [0.4, 0.5) is 0 Å². The molecule has 0 atom stereocenters. The van der Waals surface area contributed by atoms with Gasteiger partial charge in [0.25, 0.3) is 0 Å². The molecule has 118 valence electrons. The maximum absolute atomic E-state index is 12.8. The van der Waals surface area contributed by atoms with Gasteiger partial charge >= 0.3 is 0 Å². The Bertz CT molecular complexity index is 600. The SMILES string of the molecule is C=C(C)CN(CC)S(=O)(=O)c1cc(CNCC)ccc1Br. The summed E-state index contributed by atoms with van der Waals surface area (Å²) < 4.78 is 27.6. The molecule has 0 unspecified atom stereocenters. The van der Waals surface area contributed by atoms with Gasteiger partial charge in [0.2, 0.25) is 10.0 Å². The first-order valence-corrected chi connectivity index (χ1v) is 9.19. The average Bonchev–Trinajstić information content (AvgIpc) is 2.43. The van der Waals surface area contributed by atoms with Gasteiger partial charge in [0.05, 0.1) is 4.90 Å². The molecular formula is C15H23BrN2O2S. The van der Waals surface area contributed by atoms with Crippen LogP contribution in [0.5, 0.6) is 0 Å². The number of nitrogens with zero attached hydrogens (tertiary/aromatic N) is 1. The zero-order chi connectivity index (χ0) is 16.0. The molecule has 0 heterocycles. The first-order chi connectivity index (χ1) is 9.82. The van der Waals surface area contributed by atoms with E-state index in [1.54, 1.807) is 12.1 Å². The number of benzene rings is 1. The minimum atomic E-state index is -3.53. The lowest BCUT2D eigenvalue weighted by Gasteiger charge is -2.21. The summed E-state index contributed by atoms with van der Waals surface area (Å²) in [5.41, 5.74) is 1.77. The topological polar surface area (TPSA) is 49.4 Å². The van der Waals surface area contributed by atoms with E-state index in [4.69, 9.17) is 0 Å². The second-order valence-corrected chi connectivity index (χ2v) is 7.69. The van der Waals surface area contributed by atoms with Crippen molar-refractivity contribution in [3.8, 4) is 0 Å². The van der Waals surface area contributed by atoms with E-state index >= 15 is 0 Å². The van der Waals surface area contributed by atoms with E-state index in [-0.39, 0.29) is 0 Å². The zero-order valence-corrected chi connectivity index (χ0v) is 15.2. The van der Waals surface area contributed by atoms with Crippen LogP contribution in [0.2, 0.25) is 0 Å². The molecule has 0 fully saturated rings. The number of sulfonamides is 1. The summed E-state index contributed by atoms with van der Waals surface area (Å²) in [5, 5.41) is 3.20. The quantitative estimate of drug-likeness (QED) is 0.711. The predicted molar refractivity (Wildman–Crippen MR) is 90.8 cm³/mol. The van der Waals surface area contributed by atoms with Crippen LogP contribution in [0.3, 0.4) is 0 Å². The van der Waals surface area contributed by atoms with Crippen LogP contribution in [0.1, 0.15) is 26.3 Å². The highest BCUT2D eigenvalue weighted by atomic mass is 79.9. The Hall–Kier alpha value is -0.690. The van der Waals surface area contributed by atoms with Gasteiger partial charge in [0.15, 0.2) is 0 Å². The van der Waals surface area contributed by atoms with Crippen molar-refractivity contribution in [2.24, 2.45) is 0 Å². The summed E-state index contributed by atoms with van der Waals surface area (Å²) in [4.78, 5) is 0.306. The van der Waals surface area contributed by atoms with Crippen LogP contribution in [-0.4, -0.2) is 32.4 Å². The highest BCUT2D eigenvalue weighted by Crippen LogP contribution is 2.26. The molecule has 1 aromatic carbocycles. The Kier molecular flexibility index (Phi) is 7.06. The molecule has 1 N–H and O–H groups in total. The molecular weight excluding hydrogens is 352 g/mol. The summed E-state index contributed by atoms with van der Waals surface area (Å²) in [6.45, 7) is 11.7. The molecule has 0 radical (unpaired) electrons. The van der Waals surface area contributed by atoms with Crippen LogP contribution in [0.15, 0.2) is 39.7 Å². The summed E-state index contributed by atoms with van der Waals surface area (Å²) in [7, 11) is -3.53. The van der Waals surface area contributed by atoms with Crippen LogP contribution in [0.25, 0.3) is 0 Å². The number of hydrogen-bond acceptors (Lipinski definition) is 3. The molecule has 0 aliphatic carbocycles. The second kappa shape index (κ2) is 8.08. The van der Waals surface area contributed by atoms with Gasteiger partial charge in [-0.3, -0.25) is 0 Å². The minimum Gasteiger partial charge on any atom is -0.313 e. The molecule has 0 bridgehead atoms. The standard InChI is InChI=1S/C15H23BrN2O2S/c1-5-17-10-13-7-8-14(16)15(9-13)21(19,20)18(6-2)11-12(3)4/h7-9,17H,3,5-6,10-11H2,1-2,4H3. The van der Waals surface area contributed by atoms with Crippen LogP contribution < -0.4 is 5.32 Å². The van der Waals surface area contributed by atoms with Gasteiger partial charge in [-0.05, 0) is 47.1 Å². The Morgan fingerprint density at radius 1 is 1.38 bits per heavy atom. The monoisotopic (exact) mass is 374 g/mol. The maximum atomic E-state index is 12.8. The van der Waals surface area contributed by atoms with Crippen molar-refractivity contribution in [1.29, 1.82) is 0 Å². The van der Waals surface area contributed by atoms with Gasteiger partial charge in [-0.2, -0.15) is 4.31 Å². The Labute approximate surface area is 136 Å². The lowest BCUT2D eigenvalue weighted by molar-refractivity contribution is 0.452. The highest BCUT2D eigenvalue weighted by molar-refractivity contribution is 9.10. The molecule has 0 saturated carbocycles. The molecule has 0 aliphatic rings. The third-order valence-corrected chi connectivity index (χ3v) is 5.91. The Morgan fingerprint density at radius 3 is 2.57 bits per heavy atom. The van der Waals surface area contributed by atoms with Crippen molar-refractivity contribution >= 4 is 26.0 Å². The van der Waals surface area contributed by atoms with Crippen molar-refractivity contribution < 1.29 is 8.42 Å². The van der Waals surface area contributed by atoms with Gasteiger partial charge < -0.3 is 5.32 Å². The maximum Gasteiger partial charge on any atom is 0.244 e. The number of halogens is 1. The lowest BCUT2D eigenvalue weighted by Crippen LogP contribution is -2.32. The van der Waals surface area contributed by atoms with E-state index in [2.05, 4.69) is 27.8 Å². The predicted octanol–water partition coefficient (Wildman–Crippen LogP) is 3.15. The fourth-order valence-corrected chi connectivity index (χ4v) is 4.42. The normalized spacial score (nSPS) is 11.9. The van der Waals surface area contributed by atoms with Crippen molar-refractivity contribution in [3.05, 3.63) is 40.4 Å². The second-order valence-electron chi connectivity index (χ2n) is 4.93. The molecule has 0 saturated heterocycles. The van der Waals surface area contributed by atoms with Crippen molar-refractivity contribution in [1.82, 2.24) is 9.62 Å². The Balaban J connectivity index is 3.19. The first-order valence-electron chi connectivity index (χ1n) is 6.96. The summed E-state index contributed by atoms with van der Waals surface area (Å²) in [6.07, 6.45) is 0. The van der Waals surface area contributed by atoms with Crippen molar-refractivity contribution in [2.45, 2.75) is 32.2 Å². The summed E-state index contributed by atoms with van der Waals surface area (Å²) >= 11 is 3.35. The van der Waals surface area contributed by atoms with Crippen molar-refractivity contribution in [2.75, 3.05) is 19.6 Å². The minimum absolute atomic E-state index is 0.306. The summed E-state index contributed by atoms with van der Waals surface area (Å²) in [6, 6.07) is 5.43. The molecule has 6 heteroatoms. The number of nitrogens with one attached hydrogen (secondary N) is 1. The molecule has 0 aromatic heterocycles. The largest absolute Gasteiger partial charge is 0.313 e. The Morgan fingerprint density at radius 2 is 2.05 bits per heavy atom. The molecule has 21 heavy (non-hydrogen) atoms. The van der Waals surface area contributed by atoms with Crippen LogP contribution >= 0.6 is 15.9 Å². The number of rotatable bonds is 8. The van der Waals surface area contributed by atoms with E-state index in [0.717, 1.165) is 17.7 Å². The smallest absolute Gasteiger partial charge is 0.244 e. The molecule has 0 spiro atoms. The fraction of sp³-hybridized carbons (Fsp3) is 0.467. The van der Waals surface area contributed by atoms with E-state index in [1.165, 1.54) is 4.31 Å². The summed E-state index contributed by atoms with van der Waals surface area (Å²) in [5.74, 6) is 0. The lowest BCUT2D eigenvalue weighted by atomic mass is 10.2. The molecule has 0 amide bonds. The van der Waals surface area contributed by atoms with Gasteiger partial charge in [-0.15, -0.1) is 0 Å². The van der Waals surface area contributed by atoms with E-state index in [0.29, 0.717) is 29.0 Å². The van der Waals surface area contributed by atoms with Gasteiger partial charge in [-0.25, -0.2) is 8.42 Å². The molecule has 0 aliphatic heterocycles. The third kappa shape index (κ3) is 4.92. The van der Waals surface area contributed by atoms with Crippen LogP contribution in [0, 0.1) is 0 Å². The fourth-order valence-electron chi connectivity index (χ4n) is 1.93. The van der Waals surface area contributed by atoms with E-state index in [9.17, 15) is 8.42 Å². The van der Waals surface area contributed by atoms with Gasteiger partial charge in [0, 0.05) is 24.1 Å². The molecule has 1 rings (SSSR count). The van der Waals surface area contributed by atoms with E-state index < -0.39 is 10.0 Å². The zero-order valence-electron chi connectivity index (χ0n) is 12.8. The van der Waals surface area contributed by atoms with Crippen LogP contribution in [-0.2, 0) is 16.6 Å². The highest BCUT2D eigenvalue weighted by Gasteiger charge is 2.25. The third-order valence-electron chi connectivity index (χ3n) is 2.99. The number of likely N-dealkylation sites (N-methyl/N-ethyl adjacent to an activating group) is 1. The van der Waals surface area contributed by atoms with E-state index in [1.807, 2.05) is 26.8 Å². The molecule has 4 nitrogen and oxygen atoms in total. The van der Waals surface area contributed by atoms with Crippen molar-refractivity contribution in [3.63, 3.8) is 0 Å². The van der Waals surface area contributed by atoms with Gasteiger partial charge in [-0.1, -0.05) is 32.1 Å².